The molecule has 11 heteroatoms. The third kappa shape index (κ3) is 4.45. The molecule has 2 aromatic heterocycles. The molecule has 3 heterocycles. The molecule has 0 spiro atoms. The van der Waals surface area contributed by atoms with E-state index in [4.69, 9.17) is 15.2 Å². The fourth-order valence-electron chi connectivity index (χ4n) is 2.66. The van der Waals surface area contributed by atoms with Crippen LogP contribution in [0.1, 0.15) is 36.1 Å². The van der Waals surface area contributed by atoms with Crippen LogP contribution in [0.15, 0.2) is 12.1 Å². The molecule has 10 nitrogen and oxygen atoms in total. The largest absolute Gasteiger partial charge is 0.477 e. The molecule has 0 aliphatic carbocycles. The van der Waals surface area contributed by atoms with E-state index in [0.29, 0.717) is 16.3 Å². The number of nitrogens with one attached hydrogen (secondary N) is 1. The molecule has 2 aromatic rings. The van der Waals surface area contributed by atoms with E-state index in [1.54, 1.807) is 39.8 Å². The Kier molecular flexibility index (Phi) is 5.69. The van der Waals surface area contributed by atoms with Gasteiger partial charge in [0.05, 0.1) is 11.8 Å². The number of hydrogen-bond acceptors (Lipinski definition) is 9. The molecule has 1 aliphatic heterocycles. The standard InChI is InChI=1S/C18H21N5O5S/c1-8(2)27-17(26)14-9(3)20-18(29-14)22-13(24)7-23-15-11(5-6-12(19)21-15)28-10(4)16(23)25/h5-6,8,10H,7H2,1-4H3,(H2,19,21)(H,20,22,24). The van der Waals surface area contributed by atoms with Crippen LogP contribution in [0.4, 0.5) is 16.8 Å². The Morgan fingerprint density at radius 1 is 1.38 bits per heavy atom. The lowest BCUT2D eigenvalue weighted by atomic mass is 10.2. The fourth-order valence-corrected chi connectivity index (χ4v) is 3.53. The minimum absolute atomic E-state index is 0.180. The molecule has 1 unspecified atom stereocenters. The lowest BCUT2D eigenvalue weighted by Gasteiger charge is -2.31. The number of rotatable bonds is 5. The highest BCUT2D eigenvalue weighted by Crippen LogP contribution is 2.33. The average Bonchev–Trinajstić information content (AvgIpc) is 2.99. The molecule has 1 atom stereocenters. The third-order valence-corrected chi connectivity index (χ3v) is 4.96. The number of ether oxygens (including phenoxy) is 2. The van der Waals surface area contributed by atoms with Crippen molar-refractivity contribution < 1.29 is 23.9 Å². The maximum Gasteiger partial charge on any atom is 0.350 e. The van der Waals surface area contributed by atoms with Gasteiger partial charge in [-0.1, -0.05) is 11.3 Å². The van der Waals surface area contributed by atoms with Gasteiger partial charge in [0.1, 0.15) is 17.2 Å². The van der Waals surface area contributed by atoms with Gasteiger partial charge in [-0.3, -0.25) is 14.5 Å². The Bertz CT molecular complexity index is 974. The van der Waals surface area contributed by atoms with Crippen LogP contribution in [-0.4, -0.2) is 46.5 Å². The van der Waals surface area contributed by atoms with Crippen molar-refractivity contribution in [1.29, 1.82) is 0 Å². The van der Waals surface area contributed by atoms with Gasteiger partial charge in [-0.25, -0.2) is 14.8 Å². The van der Waals surface area contributed by atoms with Crippen LogP contribution in [0.25, 0.3) is 0 Å². The van der Waals surface area contributed by atoms with E-state index >= 15 is 0 Å². The summed E-state index contributed by atoms with van der Waals surface area (Å²) in [6, 6.07) is 3.15. The highest BCUT2D eigenvalue weighted by molar-refractivity contribution is 7.17. The van der Waals surface area contributed by atoms with Crippen LogP contribution >= 0.6 is 11.3 Å². The first-order valence-corrected chi connectivity index (χ1v) is 9.70. The summed E-state index contributed by atoms with van der Waals surface area (Å²) in [5.41, 5.74) is 6.15. The van der Waals surface area contributed by atoms with Crippen LogP contribution in [0, 0.1) is 6.92 Å². The fraction of sp³-hybridized carbons (Fsp3) is 0.389. The Morgan fingerprint density at radius 2 is 2.10 bits per heavy atom. The number of aryl methyl sites for hydroxylation is 1. The van der Waals surface area contributed by atoms with Crippen molar-refractivity contribution in [2.75, 3.05) is 22.5 Å². The summed E-state index contributed by atoms with van der Waals surface area (Å²) in [7, 11) is 0. The van der Waals surface area contributed by atoms with Crippen LogP contribution in [0.3, 0.4) is 0 Å². The van der Waals surface area contributed by atoms with Gasteiger partial charge >= 0.3 is 5.97 Å². The van der Waals surface area contributed by atoms with E-state index in [-0.39, 0.29) is 29.4 Å². The minimum Gasteiger partial charge on any atom is -0.477 e. The van der Waals surface area contributed by atoms with Gasteiger partial charge in [0.25, 0.3) is 5.91 Å². The molecule has 3 N–H and O–H groups in total. The number of carbonyl (C=O) groups is 3. The molecule has 0 radical (unpaired) electrons. The van der Waals surface area contributed by atoms with E-state index in [2.05, 4.69) is 15.3 Å². The Balaban J connectivity index is 1.75. The quantitative estimate of drug-likeness (QED) is 0.699. The number of thiazole rings is 1. The molecule has 0 saturated heterocycles. The van der Waals surface area contributed by atoms with Crippen molar-refractivity contribution in [1.82, 2.24) is 9.97 Å². The number of amides is 2. The number of aromatic nitrogens is 2. The van der Waals surface area contributed by atoms with Gasteiger partial charge in [0.2, 0.25) is 5.91 Å². The molecule has 154 valence electrons. The molecule has 0 bridgehead atoms. The highest BCUT2D eigenvalue weighted by Gasteiger charge is 2.34. The Labute approximate surface area is 171 Å². The van der Waals surface area contributed by atoms with Gasteiger partial charge in [-0.15, -0.1) is 0 Å². The van der Waals surface area contributed by atoms with Crippen LogP contribution < -0.4 is 20.7 Å². The maximum atomic E-state index is 12.5. The number of fused-ring (bicyclic) bond motifs is 1. The zero-order chi connectivity index (χ0) is 21.3. The Morgan fingerprint density at radius 3 is 2.79 bits per heavy atom. The summed E-state index contributed by atoms with van der Waals surface area (Å²) < 4.78 is 10.7. The summed E-state index contributed by atoms with van der Waals surface area (Å²) in [4.78, 5) is 47.0. The van der Waals surface area contributed by atoms with Crippen LogP contribution in [-0.2, 0) is 14.3 Å². The number of nitrogens with two attached hydrogens (primary N) is 1. The summed E-state index contributed by atoms with van der Waals surface area (Å²) in [5.74, 6) is -0.671. The summed E-state index contributed by atoms with van der Waals surface area (Å²) in [5, 5.41) is 2.84. The van der Waals surface area contributed by atoms with E-state index < -0.39 is 23.9 Å². The topological polar surface area (TPSA) is 137 Å². The number of pyridine rings is 1. The molecule has 0 fully saturated rings. The second-order valence-electron chi connectivity index (χ2n) is 6.68. The van der Waals surface area contributed by atoms with Crippen molar-refractivity contribution in [3.63, 3.8) is 0 Å². The first kappa shape index (κ1) is 20.5. The van der Waals surface area contributed by atoms with Gasteiger partial charge in [0, 0.05) is 0 Å². The summed E-state index contributed by atoms with van der Waals surface area (Å²) in [6.45, 7) is 6.43. The Hall–Kier alpha value is -3.21. The van der Waals surface area contributed by atoms with E-state index in [1.165, 1.54) is 4.90 Å². The lowest BCUT2D eigenvalue weighted by molar-refractivity contribution is -0.127. The summed E-state index contributed by atoms with van der Waals surface area (Å²) >= 11 is 1.01. The van der Waals surface area contributed by atoms with Crippen molar-refractivity contribution in [2.24, 2.45) is 0 Å². The van der Waals surface area contributed by atoms with E-state index in [9.17, 15) is 14.4 Å². The smallest absolute Gasteiger partial charge is 0.350 e. The molecule has 2 amide bonds. The van der Waals surface area contributed by atoms with Gasteiger partial charge < -0.3 is 20.5 Å². The van der Waals surface area contributed by atoms with Crippen molar-refractivity contribution in [3.05, 3.63) is 22.7 Å². The summed E-state index contributed by atoms with van der Waals surface area (Å²) in [6.07, 6.45) is -1.03. The van der Waals surface area contributed by atoms with Crippen molar-refractivity contribution in [2.45, 2.75) is 39.9 Å². The van der Waals surface area contributed by atoms with E-state index in [1.807, 2.05) is 0 Å². The van der Waals surface area contributed by atoms with Crippen LogP contribution in [0.2, 0.25) is 0 Å². The van der Waals surface area contributed by atoms with Gasteiger partial charge in [-0.05, 0) is 39.8 Å². The lowest BCUT2D eigenvalue weighted by Crippen LogP contribution is -2.48. The van der Waals surface area contributed by atoms with Gasteiger partial charge in [-0.2, -0.15) is 0 Å². The van der Waals surface area contributed by atoms with Crippen molar-refractivity contribution in [3.8, 4) is 5.75 Å². The van der Waals surface area contributed by atoms with Crippen LogP contribution in [0.5, 0.6) is 5.75 Å². The highest BCUT2D eigenvalue weighted by atomic mass is 32.1. The first-order valence-electron chi connectivity index (χ1n) is 8.88. The zero-order valence-electron chi connectivity index (χ0n) is 16.4. The molecule has 0 saturated carbocycles. The normalized spacial score (nSPS) is 15.7. The number of hydrogen-bond donors (Lipinski definition) is 2. The zero-order valence-corrected chi connectivity index (χ0v) is 17.2. The molecule has 0 aromatic carbocycles. The first-order chi connectivity index (χ1) is 13.7. The number of esters is 1. The second-order valence-corrected chi connectivity index (χ2v) is 7.68. The molecular formula is C18H21N5O5S. The second kappa shape index (κ2) is 8.03. The van der Waals surface area contributed by atoms with Gasteiger partial charge in [0.15, 0.2) is 22.8 Å². The number of anilines is 3. The van der Waals surface area contributed by atoms with E-state index in [0.717, 1.165) is 11.3 Å². The molecule has 29 heavy (non-hydrogen) atoms. The third-order valence-electron chi connectivity index (χ3n) is 3.91. The molecular weight excluding hydrogens is 398 g/mol. The average molecular weight is 419 g/mol. The SMILES string of the molecule is Cc1nc(NC(=O)CN2C(=O)C(C)Oc3ccc(N)nc32)sc1C(=O)OC(C)C. The molecule has 3 rings (SSSR count). The predicted molar refractivity (Wildman–Crippen MR) is 107 cm³/mol. The minimum atomic E-state index is -0.764. The maximum absolute atomic E-state index is 12.5. The van der Waals surface area contributed by atoms with Crippen molar-refractivity contribution >= 4 is 45.9 Å². The molecule has 1 aliphatic rings. The monoisotopic (exact) mass is 419 g/mol. The number of carbonyl (C=O) groups excluding carboxylic acids is 3. The number of nitrogens with zero attached hydrogens (tertiary/aromatic N) is 3. The predicted octanol–water partition coefficient (Wildman–Crippen LogP) is 1.75. The number of nitrogen functional groups attached to an aromatic ring is 1.